The Balaban J connectivity index is 1.71. The standard InChI is InChI=1S/C20H24N2O5S/c1-15-8-9-18(16(2)12-15)28(25,26)22-11-10-20(24)27-14-19(23)21-13-17-6-4-3-5-7-17/h3-9,12,22H,10-11,13-14H2,1-2H3,(H,21,23). The van der Waals surface area contributed by atoms with E-state index >= 15 is 0 Å². The van der Waals surface area contributed by atoms with E-state index in [1.54, 1.807) is 19.1 Å². The number of sulfonamides is 1. The number of nitrogens with one attached hydrogen (secondary N) is 2. The maximum Gasteiger partial charge on any atom is 0.307 e. The van der Waals surface area contributed by atoms with Gasteiger partial charge in [-0.15, -0.1) is 0 Å². The average molecular weight is 404 g/mol. The van der Waals surface area contributed by atoms with Crippen LogP contribution in [0.1, 0.15) is 23.1 Å². The van der Waals surface area contributed by atoms with Gasteiger partial charge in [-0.25, -0.2) is 13.1 Å². The predicted octanol–water partition coefficient (Wildman–Crippen LogP) is 1.83. The van der Waals surface area contributed by atoms with Gasteiger partial charge < -0.3 is 10.1 Å². The number of hydrogen-bond donors (Lipinski definition) is 2. The number of carbonyl (C=O) groups is 2. The highest BCUT2D eigenvalue weighted by molar-refractivity contribution is 7.89. The largest absolute Gasteiger partial charge is 0.456 e. The van der Waals surface area contributed by atoms with E-state index in [2.05, 4.69) is 10.0 Å². The molecule has 1 amide bonds. The molecule has 0 atom stereocenters. The normalized spacial score (nSPS) is 11.1. The number of esters is 1. The summed E-state index contributed by atoms with van der Waals surface area (Å²) in [6, 6.07) is 14.4. The molecule has 0 radical (unpaired) electrons. The van der Waals surface area contributed by atoms with Crippen molar-refractivity contribution in [2.24, 2.45) is 0 Å². The second-order valence-electron chi connectivity index (χ2n) is 6.34. The van der Waals surface area contributed by atoms with E-state index in [9.17, 15) is 18.0 Å². The third kappa shape index (κ3) is 6.79. The lowest BCUT2D eigenvalue weighted by Crippen LogP contribution is -2.30. The molecular weight excluding hydrogens is 380 g/mol. The molecule has 0 unspecified atom stereocenters. The first kappa shape index (κ1) is 21.6. The molecule has 2 rings (SSSR count). The summed E-state index contributed by atoms with van der Waals surface area (Å²) in [7, 11) is -3.71. The molecule has 0 aliphatic carbocycles. The van der Waals surface area contributed by atoms with Crippen LogP contribution < -0.4 is 10.0 Å². The highest BCUT2D eigenvalue weighted by atomic mass is 32.2. The van der Waals surface area contributed by atoms with Crippen LogP contribution in [-0.4, -0.2) is 33.4 Å². The van der Waals surface area contributed by atoms with Gasteiger partial charge in [0.25, 0.3) is 5.91 Å². The van der Waals surface area contributed by atoms with Crippen molar-refractivity contribution in [1.29, 1.82) is 0 Å². The minimum Gasteiger partial charge on any atom is -0.456 e. The van der Waals surface area contributed by atoms with Crippen LogP contribution in [-0.2, 0) is 30.9 Å². The zero-order chi connectivity index (χ0) is 20.6. The Bertz CT molecular complexity index is 927. The molecule has 8 heteroatoms. The molecule has 2 N–H and O–H groups in total. The van der Waals surface area contributed by atoms with E-state index in [1.165, 1.54) is 6.07 Å². The molecule has 0 aliphatic heterocycles. The zero-order valence-electron chi connectivity index (χ0n) is 15.9. The van der Waals surface area contributed by atoms with Gasteiger partial charge >= 0.3 is 5.97 Å². The van der Waals surface area contributed by atoms with Gasteiger partial charge in [0.15, 0.2) is 6.61 Å². The van der Waals surface area contributed by atoms with Crippen molar-refractivity contribution in [3.63, 3.8) is 0 Å². The van der Waals surface area contributed by atoms with Crippen LogP contribution >= 0.6 is 0 Å². The molecule has 150 valence electrons. The Morgan fingerprint density at radius 1 is 1.04 bits per heavy atom. The maximum atomic E-state index is 12.3. The van der Waals surface area contributed by atoms with Gasteiger partial charge in [0, 0.05) is 13.1 Å². The van der Waals surface area contributed by atoms with E-state index < -0.39 is 28.5 Å². The molecule has 0 fully saturated rings. The van der Waals surface area contributed by atoms with E-state index in [0.717, 1.165) is 11.1 Å². The van der Waals surface area contributed by atoms with Crippen LogP contribution in [0.5, 0.6) is 0 Å². The van der Waals surface area contributed by atoms with Gasteiger partial charge in [-0.2, -0.15) is 0 Å². The third-order valence-electron chi connectivity index (χ3n) is 3.94. The second kappa shape index (κ2) is 10.0. The summed E-state index contributed by atoms with van der Waals surface area (Å²) >= 11 is 0. The summed E-state index contributed by atoms with van der Waals surface area (Å²) in [5.74, 6) is -1.08. The van der Waals surface area contributed by atoms with E-state index in [1.807, 2.05) is 37.3 Å². The fourth-order valence-corrected chi connectivity index (χ4v) is 3.79. The maximum absolute atomic E-state index is 12.3. The Hall–Kier alpha value is -2.71. The lowest BCUT2D eigenvalue weighted by atomic mass is 10.2. The summed E-state index contributed by atoms with van der Waals surface area (Å²) in [5.41, 5.74) is 2.53. The topological polar surface area (TPSA) is 102 Å². The molecule has 0 saturated heterocycles. The van der Waals surface area contributed by atoms with Crippen molar-refractivity contribution in [2.75, 3.05) is 13.2 Å². The van der Waals surface area contributed by atoms with E-state index in [0.29, 0.717) is 12.1 Å². The number of carbonyl (C=O) groups excluding carboxylic acids is 2. The number of ether oxygens (including phenoxy) is 1. The average Bonchev–Trinajstić information content (AvgIpc) is 2.65. The summed E-state index contributed by atoms with van der Waals surface area (Å²) in [6.07, 6.45) is -0.171. The molecule has 0 spiro atoms. The van der Waals surface area contributed by atoms with Crippen LogP contribution in [0.4, 0.5) is 0 Å². The second-order valence-corrected chi connectivity index (χ2v) is 8.08. The molecule has 0 aromatic heterocycles. The van der Waals surface area contributed by atoms with Crippen LogP contribution in [0.2, 0.25) is 0 Å². The smallest absolute Gasteiger partial charge is 0.307 e. The Morgan fingerprint density at radius 3 is 2.43 bits per heavy atom. The fraction of sp³-hybridized carbons (Fsp3) is 0.300. The van der Waals surface area contributed by atoms with Crippen molar-refractivity contribution in [2.45, 2.75) is 31.7 Å². The molecule has 0 bridgehead atoms. The first-order valence-corrected chi connectivity index (χ1v) is 10.3. The van der Waals surface area contributed by atoms with Crippen LogP contribution in [0.25, 0.3) is 0 Å². The van der Waals surface area contributed by atoms with Crippen molar-refractivity contribution < 1.29 is 22.7 Å². The molecule has 2 aromatic rings. The van der Waals surface area contributed by atoms with Crippen molar-refractivity contribution >= 4 is 21.9 Å². The zero-order valence-corrected chi connectivity index (χ0v) is 16.7. The first-order chi connectivity index (χ1) is 13.3. The van der Waals surface area contributed by atoms with Gasteiger partial charge in [0.05, 0.1) is 11.3 Å². The number of hydrogen-bond acceptors (Lipinski definition) is 5. The van der Waals surface area contributed by atoms with E-state index in [-0.39, 0.29) is 17.9 Å². The fourth-order valence-electron chi connectivity index (χ4n) is 2.53. The summed E-state index contributed by atoms with van der Waals surface area (Å²) in [4.78, 5) is 23.6. The molecule has 7 nitrogen and oxygen atoms in total. The monoisotopic (exact) mass is 404 g/mol. The number of benzene rings is 2. The number of rotatable bonds is 9. The van der Waals surface area contributed by atoms with Crippen LogP contribution in [0, 0.1) is 13.8 Å². The minimum absolute atomic E-state index is 0.111. The quantitative estimate of drug-likeness (QED) is 0.621. The molecule has 0 saturated carbocycles. The van der Waals surface area contributed by atoms with Gasteiger partial charge in [-0.05, 0) is 31.0 Å². The predicted molar refractivity (Wildman–Crippen MR) is 105 cm³/mol. The van der Waals surface area contributed by atoms with Crippen molar-refractivity contribution in [1.82, 2.24) is 10.0 Å². The van der Waals surface area contributed by atoms with Crippen LogP contribution in [0.3, 0.4) is 0 Å². The highest BCUT2D eigenvalue weighted by Gasteiger charge is 2.17. The third-order valence-corrected chi connectivity index (χ3v) is 5.56. The van der Waals surface area contributed by atoms with Gasteiger partial charge in [0.2, 0.25) is 10.0 Å². The molecule has 28 heavy (non-hydrogen) atoms. The Labute approximate surface area is 165 Å². The Morgan fingerprint density at radius 2 is 1.75 bits per heavy atom. The van der Waals surface area contributed by atoms with Crippen molar-refractivity contribution in [3.05, 3.63) is 65.2 Å². The number of aryl methyl sites for hydroxylation is 2. The lowest BCUT2D eigenvalue weighted by molar-refractivity contribution is -0.148. The summed E-state index contributed by atoms with van der Waals surface area (Å²) in [6.45, 7) is 3.41. The lowest BCUT2D eigenvalue weighted by Gasteiger charge is -2.10. The van der Waals surface area contributed by atoms with Crippen molar-refractivity contribution in [3.8, 4) is 0 Å². The molecule has 0 aliphatic rings. The molecular formula is C20H24N2O5S. The molecule has 0 heterocycles. The highest BCUT2D eigenvalue weighted by Crippen LogP contribution is 2.16. The SMILES string of the molecule is Cc1ccc(S(=O)(=O)NCCC(=O)OCC(=O)NCc2ccccc2)c(C)c1. The summed E-state index contributed by atoms with van der Waals surface area (Å²) in [5, 5.41) is 2.64. The van der Waals surface area contributed by atoms with Gasteiger partial charge in [-0.1, -0.05) is 48.0 Å². The van der Waals surface area contributed by atoms with Crippen LogP contribution in [0.15, 0.2) is 53.4 Å². The summed E-state index contributed by atoms with van der Waals surface area (Å²) < 4.78 is 31.8. The molecule has 2 aromatic carbocycles. The van der Waals surface area contributed by atoms with Gasteiger partial charge in [0.1, 0.15) is 0 Å². The van der Waals surface area contributed by atoms with Gasteiger partial charge in [-0.3, -0.25) is 9.59 Å². The Kier molecular flexibility index (Phi) is 7.71. The van der Waals surface area contributed by atoms with E-state index in [4.69, 9.17) is 4.74 Å². The number of amides is 1. The minimum atomic E-state index is -3.71. The first-order valence-electron chi connectivity index (χ1n) is 8.81.